The zero-order valence-electron chi connectivity index (χ0n) is 10.7. The van der Waals surface area contributed by atoms with Crippen LogP contribution in [-0.4, -0.2) is 6.18 Å². The van der Waals surface area contributed by atoms with E-state index >= 15 is 0 Å². The first-order valence-corrected chi connectivity index (χ1v) is 5.70. The molecule has 4 heteroatoms. The third-order valence-electron chi connectivity index (χ3n) is 2.77. The predicted molar refractivity (Wildman–Crippen MR) is 64.2 cm³/mol. The molecule has 0 saturated carbocycles. The topological polar surface area (TPSA) is 23.8 Å². The second-order valence-corrected chi connectivity index (χ2v) is 5.37. The first kappa shape index (κ1) is 14.6. The quantitative estimate of drug-likeness (QED) is 0.760. The second kappa shape index (κ2) is 5.01. The average molecular weight is 255 g/mol. The highest BCUT2D eigenvalue weighted by Gasteiger charge is 2.32. The zero-order chi connectivity index (χ0) is 14.0. The van der Waals surface area contributed by atoms with Crippen LogP contribution in [0.4, 0.5) is 13.2 Å². The van der Waals surface area contributed by atoms with Gasteiger partial charge in [0.05, 0.1) is 18.4 Å². The van der Waals surface area contributed by atoms with Gasteiger partial charge in [-0.15, -0.1) is 0 Å². The van der Waals surface area contributed by atoms with Crippen molar-refractivity contribution in [2.45, 2.75) is 44.7 Å². The Balaban J connectivity index is 2.94. The smallest absolute Gasteiger partial charge is 0.198 e. The fraction of sp³-hybridized carbons (Fsp3) is 0.500. The molecule has 1 aromatic rings. The van der Waals surface area contributed by atoms with Gasteiger partial charge in [-0.3, -0.25) is 0 Å². The minimum absolute atomic E-state index is 0.0509. The maximum Gasteiger partial charge on any atom is 0.390 e. The van der Waals surface area contributed by atoms with Crippen LogP contribution in [-0.2, 0) is 5.41 Å². The third-order valence-corrected chi connectivity index (χ3v) is 2.77. The Labute approximate surface area is 105 Å². The molecule has 1 rings (SSSR count). The molecule has 1 aromatic carbocycles. The van der Waals surface area contributed by atoms with Crippen molar-refractivity contribution in [1.82, 2.24) is 0 Å². The minimum atomic E-state index is -4.32. The maximum atomic E-state index is 12.3. The van der Waals surface area contributed by atoms with E-state index < -0.39 is 18.5 Å². The van der Waals surface area contributed by atoms with Gasteiger partial charge in [0.25, 0.3) is 0 Å². The summed E-state index contributed by atoms with van der Waals surface area (Å²) < 4.78 is 36.9. The van der Waals surface area contributed by atoms with E-state index in [1.807, 2.05) is 20.8 Å². The van der Waals surface area contributed by atoms with Crippen LogP contribution >= 0.6 is 0 Å². The Bertz CT molecular complexity index is 432. The number of nitrogens with zero attached hydrogens (tertiary/aromatic N) is 1. The predicted octanol–water partition coefficient (Wildman–Crippen LogP) is 4.54. The highest BCUT2D eigenvalue weighted by atomic mass is 19.4. The number of benzene rings is 1. The molecule has 0 aliphatic heterocycles. The Morgan fingerprint density at radius 3 is 1.94 bits per heavy atom. The highest BCUT2D eigenvalue weighted by molar-refractivity contribution is 5.32. The molecule has 0 unspecified atom stereocenters. The molecule has 0 saturated heterocycles. The van der Waals surface area contributed by atoms with Crippen LogP contribution in [0.2, 0.25) is 0 Å². The van der Waals surface area contributed by atoms with Crippen LogP contribution in [0.5, 0.6) is 0 Å². The molecule has 1 atom stereocenters. The van der Waals surface area contributed by atoms with Gasteiger partial charge >= 0.3 is 6.18 Å². The first-order valence-electron chi connectivity index (χ1n) is 5.70. The van der Waals surface area contributed by atoms with Crippen molar-refractivity contribution in [2.24, 2.45) is 0 Å². The zero-order valence-corrected chi connectivity index (χ0v) is 10.7. The molecule has 0 spiro atoms. The van der Waals surface area contributed by atoms with Crippen molar-refractivity contribution < 1.29 is 13.2 Å². The Kier molecular flexibility index (Phi) is 4.05. The summed E-state index contributed by atoms with van der Waals surface area (Å²) in [7, 11) is 0. The summed E-state index contributed by atoms with van der Waals surface area (Å²) in [5.74, 6) is -1.13. The monoisotopic (exact) mass is 255 g/mol. The summed E-state index contributed by atoms with van der Waals surface area (Å²) in [5.41, 5.74) is 1.41. The van der Waals surface area contributed by atoms with Gasteiger partial charge < -0.3 is 0 Å². The molecule has 18 heavy (non-hydrogen) atoms. The van der Waals surface area contributed by atoms with Gasteiger partial charge in [-0.2, -0.15) is 18.4 Å². The molecule has 0 aliphatic rings. The van der Waals surface area contributed by atoms with Crippen LogP contribution in [0.25, 0.3) is 0 Å². The summed E-state index contributed by atoms with van der Waals surface area (Å²) in [4.78, 5) is 0. The lowest BCUT2D eigenvalue weighted by atomic mass is 9.85. The van der Waals surface area contributed by atoms with Crippen LogP contribution in [0, 0.1) is 11.3 Å². The molecule has 0 amide bonds. The maximum absolute atomic E-state index is 12.3. The van der Waals surface area contributed by atoms with Crippen LogP contribution in [0.1, 0.15) is 44.2 Å². The number of halogens is 3. The van der Waals surface area contributed by atoms with E-state index in [2.05, 4.69) is 0 Å². The Hall–Kier alpha value is -1.50. The van der Waals surface area contributed by atoms with Crippen LogP contribution in [0.15, 0.2) is 24.3 Å². The number of nitriles is 1. The molecular weight excluding hydrogens is 239 g/mol. The van der Waals surface area contributed by atoms with Crippen molar-refractivity contribution in [3.63, 3.8) is 0 Å². The largest absolute Gasteiger partial charge is 0.390 e. The molecule has 0 radical (unpaired) electrons. The van der Waals surface area contributed by atoms with Gasteiger partial charge in [-0.25, -0.2) is 0 Å². The van der Waals surface area contributed by atoms with E-state index in [1.54, 1.807) is 30.3 Å². The molecule has 0 fully saturated rings. The van der Waals surface area contributed by atoms with Gasteiger partial charge in [0, 0.05) is 0 Å². The highest BCUT2D eigenvalue weighted by Crippen LogP contribution is 2.32. The lowest BCUT2D eigenvalue weighted by Gasteiger charge is -2.20. The van der Waals surface area contributed by atoms with Crippen molar-refractivity contribution in [3.8, 4) is 6.07 Å². The summed E-state index contributed by atoms with van der Waals surface area (Å²) in [5, 5.41) is 8.82. The summed E-state index contributed by atoms with van der Waals surface area (Å²) in [6, 6.07) is 8.51. The molecule has 0 aliphatic carbocycles. The number of rotatable bonds is 2. The standard InChI is InChI=1S/C14H16F3N/c1-13(2,3)12-6-4-10(5-7-12)11(9-18)8-14(15,16)17/h4-7,11H,8H2,1-3H3/t11-/m1/s1. The Morgan fingerprint density at radius 2 is 1.61 bits per heavy atom. The lowest BCUT2D eigenvalue weighted by Crippen LogP contribution is -2.14. The van der Waals surface area contributed by atoms with Gasteiger partial charge in [-0.05, 0) is 16.5 Å². The fourth-order valence-corrected chi connectivity index (χ4v) is 1.68. The van der Waals surface area contributed by atoms with E-state index in [-0.39, 0.29) is 5.41 Å². The van der Waals surface area contributed by atoms with Crippen molar-refractivity contribution in [2.75, 3.05) is 0 Å². The number of hydrogen-bond donors (Lipinski definition) is 0. The molecule has 98 valence electrons. The summed E-state index contributed by atoms with van der Waals surface area (Å²) in [6.45, 7) is 6.08. The molecule has 0 heterocycles. The molecule has 0 aromatic heterocycles. The van der Waals surface area contributed by atoms with Gasteiger partial charge in [-0.1, -0.05) is 45.0 Å². The average Bonchev–Trinajstić information content (AvgIpc) is 2.24. The van der Waals surface area contributed by atoms with E-state index in [1.165, 1.54) is 0 Å². The van der Waals surface area contributed by atoms with E-state index in [0.29, 0.717) is 5.56 Å². The fourth-order valence-electron chi connectivity index (χ4n) is 1.68. The molecular formula is C14H16F3N. The van der Waals surface area contributed by atoms with Gasteiger partial charge in [0.1, 0.15) is 0 Å². The normalized spacial score (nSPS) is 14.1. The van der Waals surface area contributed by atoms with Gasteiger partial charge in [0.2, 0.25) is 0 Å². The minimum Gasteiger partial charge on any atom is -0.198 e. The first-order chi connectivity index (χ1) is 8.13. The van der Waals surface area contributed by atoms with Crippen LogP contribution < -0.4 is 0 Å². The summed E-state index contributed by atoms with van der Waals surface area (Å²) in [6.07, 6.45) is -5.42. The second-order valence-electron chi connectivity index (χ2n) is 5.37. The van der Waals surface area contributed by atoms with Gasteiger partial charge in [0.15, 0.2) is 0 Å². The molecule has 0 bridgehead atoms. The van der Waals surface area contributed by atoms with Crippen molar-refractivity contribution in [1.29, 1.82) is 5.26 Å². The number of alkyl halides is 3. The van der Waals surface area contributed by atoms with E-state index in [0.717, 1.165) is 5.56 Å². The van der Waals surface area contributed by atoms with E-state index in [9.17, 15) is 13.2 Å². The summed E-state index contributed by atoms with van der Waals surface area (Å²) >= 11 is 0. The molecule has 0 N–H and O–H groups in total. The SMILES string of the molecule is CC(C)(C)c1ccc([C@@H](C#N)CC(F)(F)F)cc1. The third kappa shape index (κ3) is 4.06. The number of hydrogen-bond acceptors (Lipinski definition) is 1. The van der Waals surface area contributed by atoms with Crippen molar-refractivity contribution in [3.05, 3.63) is 35.4 Å². The van der Waals surface area contributed by atoms with E-state index in [4.69, 9.17) is 5.26 Å². The molecule has 1 nitrogen and oxygen atoms in total. The van der Waals surface area contributed by atoms with Crippen molar-refractivity contribution >= 4 is 0 Å². The lowest BCUT2D eigenvalue weighted by molar-refractivity contribution is -0.136. The van der Waals surface area contributed by atoms with Crippen LogP contribution in [0.3, 0.4) is 0 Å². The Morgan fingerprint density at radius 1 is 1.11 bits per heavy atom.